The molecule has 0 radical (unpaired) electrons. The van der Waals surface area contributed by atoms with Crippen LogP contribution < -0.4 is 4.74 Å². The van der Waals surface area contributed by atoms with Gasteiger partial charge in [0.05, 0.1) is 33.8 Å². The summed E-state index contributed by atoms with van der Waals surface area (Å²) in [6.45, 7) is 2.67. The Labute approximate surface area is 190 Å². The fourth-order valence-corrected chi connectivity index (χ4v) is 6.67. The van der Waals surface area contributed by atoms with E-state index < -0.39 is 5.97 Å². The van der Waals surface area contributed by atoms with Crippen LogP contribution in [-0.2, 0) is 17.6 Å². The van der Waals surface area contributed by atoms with Crippen LogP contribution in [0.1, 0.15) is 53.3 Å². The molecule has 0 atom stereocenters. The Hall–Kier alpha value is -2.99. The lowest BCUT2D eigenvalue weighted by Gasteiger charge is -2.21. The molecule has 162 valence electrons. The first kappa shape index (κ1) is 19.7. The van der Waals surface area contributed by atoms with Crippen LogP contribution in [0.5, 0.6) is 5.75 Å². The molecule has 6 rings (SSSR count). The normalized spacial score (nSPS) is 16.0. The zero-order valence-electron chi connectivity index (χ0n) is 18.0. The molecular weight excluding hydrogens is 420 g/mol. The van der Waals surface area contributed by atoms with E-state index in [1.807, 2.05) is 25.3 Å². The van der Waals surface area contributed by atoms with E-state index in [0.717, 1.165) is 55.5 Å². The van der Waals surface area contributed by atoms with Crippen molar-refractivity contribution >= 4 is 38.4 Å². The van der Waals surface area contributed by atoms with Crippen molar-refractivity contribution in [1.82, 2.24) is 9.97 Å². The highest BCUT2D eigenvalue weighted by atomic mass is 32.1. The molecule has 2 aromatic carbocycles. The number of pyridine rings is 1. The molecule has 6 heteroatoms. The number of benzene rings is 2. The average molecular weight is 445 g/mol. The van der Waals surface area contributed by atoms with E-state index in [4.69, 9.17) is 14.7 Å². The summed E-state index contributed by atoms with van der Waals surface area (Å²) < 4.78 is 7.00. The van der Waals surface area contributed by atoms with Crippen molar-refractivity contribution in [1.29, 1.82) is 0 Å². The molecule has 1 aliphatic heterocycles. The molecule has 5 nitrogen and oxygen atoms in total. The first-order valence-electron chi connectivity index (χ1n) is 11.3. The Balaban J connectivity index is 1.67. The van der Waals surface area contributed by atoms with Crippen LogP contribution in [0.25, 0.3) is 32.2 Å². The largest absolute Gasteiger partial charge is 0.493 e. The molecule has 1 N–H and O–H groups in total. The quantitative estimate of drug-likeness (QED) is 0.415. The Morgan fingerprint density at radius 2 is 2.09 bits per heavy atom. The second kappa shape index (κ2) is 7.55. The van der Waals surface area contributed by atoms with Gasteiger partial charge in [0, 0.05) is 35.0 Å². The topological polar surface area (TPSA) is 72.3 Å². The summed E-state index contributed by atoms with van der Waals surface area (Å²) >= 11 is 1.74. The summed E-state index contributed by atoms with van der Waals surface area (Å²) in [4.78, 5) is 21.6. The number of carboxylic acids is 1. The molecule has 1 saturated carbocycles. The first-order chi connectivity index (χ1) is 15.6. The Morgan fingerprint density at radius 3 is 2.91 bits per heavy atom. The van der Waals surface area contributed by atoms with E-state index >= 15 is 0 Å². The SMILES string of the molecule is Cc1cc2nc(C3CCCC3)sc2c(-c2ccc3c4c(ccnc24)CCO3)c1CC(=O)O. The molecule has 0 bridgehead atoms. The molecule has 0 saturated heterocycles. The molecule has 1 aliphatic carbocycles. The first-order valence-corrected chi connectivity index (χ1v) is 12.1. The van der Waals surface area contributed by atoms with Gasteiger partial charge in [-0.25, -0.2) is 4.98 Å². The zero-order chi connectivity index (χ0) is 21.8. The molecule has 0 amide bonds. The minimum absolute atomic E-state index is 0.0206. The van der Waals surface area contributed by atoms with Gasteiger partial charge in [-0.3, -0.25) is 9.78 Å². The fraction of sp³-hybridized carbons (Fsp3) is 0.346. The van der Waals surface area contributed by atoms with Crippen molar-refractivity contribution in [3.05, 3.63) is 52.2 Å². The van der Waals surface area contributed by atoms with Crippen molar-refractivity contribution in [2.75, 3.05) is 6.61 Å². The van der Waals surface area contributed by atoms with Crippen LogP contribution in [-0.4, -0.2) is 27.7 Å². The van der Waals surface area contributed by atoms with Crippen molar-refractivity contribution in [2.24, 2.45) is 0 Å². The zero-order valence-corrected chi connectivity index (χ0v) is 18.8. The summed E-state index contributed by atoms with van der Waals surface area (Å²) in [6, 6.07) is 8.19. The van der Waals surface area contributed by atoms with Gasteiger partial charge in [0.25, 0.3) is 0 Å². The summed E-state index contributed by atoms with van der Waals surface area (Å²) in [5.74, 6) is 0.553. The van der Waals surface area contributed by atoms with Crippen LogP contribution >= 0.6 is 11.3 Å². The predicted molar refractivity (Wildman–Crippen MR) is 127 cm³/mol. The van der Waals surface area contributed by atoms with Crippen LogP contribution in [0.2, 0.25) is 0 Å². The number of carboxylic acid groups (broad SMARTS) is 1. The number of hydrogen-bond acceptors (Lipinski definition) is 5. The maximum absolute atomic E-state index is 11.8. The van der Waals surface area contributed by atoms with E-state index in [9.17, 15) is 9.90 Å². The van der Waals surface area contributed by atoms with Crippen LogP contribution in [0, 0.1) is 6.92 Å². The van der Waals surface area contributed by atoms with Gasteiger partial charge in [-0.1, -0.05) is 12.8 Å². The molecule has 2 aromatic heterocycles. The van der Waals surface area contributed by atoms with Gasteiger partial charge in [-0.15, -0.1) is 11.3 Å². The molecule has 4 aromatic rings. The van der Waals surface area contributed by atoms with E-state index in [-0.39, 0.29) is 6.42 Å². The number of fused-ring (bicyclic) bond motifs is 1. The van der Waals surface area contributed by atoms with Gasteiger partial charge in [-0.05, 0) is 60.7 Å². The monoisotopic (exact) mass is 444 g/mol. The predicted octanol–water partition coefficient (Wildman–Crippen LogP) is 6.04. The molecule has 2 aliphatic rings. The standard InChI is InChI=1S/C26H24N2O3S/c1-14-12-19-25(32-26(28-19)16-4-2-3-5-16)23(18(14)13-21(29)30)17-6-7-20-22-15(9-11-31-20)8-10-27-24(17)22/h6-8,10,12,16H,2-5,9,11,13H2,1H3,(H,29,30). The third-order valence-electron chi connectivity index (χ3n) is 6.90. The number of nitrogens with zero attached hydrogens (tertiary/aromatic N) is 2. The lowest BCUT2D eigenvalue weighted by atomic mass is 9.90. The lowest BCUT2D eigenvalue weighted by Crippen LogP contribution is -2.09. The molecule has 3 heterocycles. The smallest absolute Gasteiger partial charge is 0.307 e. The summed E-state index contributed by atoms with van der Waals surface area (Å²) in [5.41, 5.74) is 6.86. The van der Waals surface area contributed by atoms with Crippen molar-refractivity contribution < 1.29 is 14.6 Å². The Bertz CT molecular complexity index is 1380. The van der Waals surface area contributed by atoms with Gasteiger partial charge >= 0.3 is 5.97 Å². The third-order valence-corrected chi connectivity index (χ3v) is 8.15. The fourth-order valence-electron chi connectivity index (χ4n) is 5.37. The minimum atomic E-state index is -0.826. The average Bonchev–Trinajstić information content (AvgIpc) is 3.45. The lowest BCUT2D eigenvalue weighted by molar-refractivity contribution is -0.136. The molecule has 1 fully saturated rings. The Morgan fingerprint density at radius 1 is 1.25 bits per heavy atom. The highest BCUT2D eigenvalue weighted by Gasteiger charge is 2.26. The number of ether oxygens (including phenoxy) is 1. The van der Waals surface area contributed by atoms with E-state index in [2.05, 4.69) is 12.1 Å². The molecular formula is C26H24N2O3S. The Kier molecular flexibility index (Phi) is 4.65. The van der Waals surface area contributed by atoms with Crippen molar-refractivity contribution in [2.45, 2.75) is 51.4 Å². The summed E-state index contributed by atoms with van der Waals surface area (Å²) in [7, 11) is 0. The highest BCUT2D eigenvalue weighted by molar-refractivity contribution is 7.19. The second-order valence-corrected chi connectivity index (χ2v) is 9.93. The number of carbonyl (C=O) groups is 1. The number of aromatic nitrogens is 2. The van der Waals surface area contributed by atoms with E-state index in [1.165, 1.54) is 36.3 Å². The van der Waals surface area contributed by atoms with Gasteiger partial charge in [0.15, 0.2) is 0 Å². The maximum atomic E-state index is 11.8. The minimum Gasteiger partial charge on any atom is -0.493 e. The van der Waals surface area contributed by atoms with E-state index in [1.54, 1.807) is 11.3 Å². The molecule has 32 heavy (non-hydrogen) atoms. The highest BCUT2D eigenvalue weighted by Crippen LogP contribution is 2.46. The van der Waals surface area contributed by atoms with Gasteiger partial charge in [0.1, 0.15) is 5.75 Å². The van der Waals surface area contributed by atoms with Crippen molar-refractivity contribution in [3.63, 3.8) is 0 Å². The van der Waals surface area contributed by atoms with Crippen LogP contribution in [0.15, 0.2) is 30.5 Å². The summed E-state index contributed by atoms with van der Waals surface area (Å²) in [6.07, 6.45) is 7.59. The van der Waals surface area contributed by atoms with Gasteiger partial charge in [-0.2, -0.15) is 0 Å². The van der Waals surface area contributed by atoms with E-state index in [0.29, 0.717) is 12.5 Å². The third kappa shape index (κ3) is 3.08. The number of hydrogen-bond donors (Lipinski definition) is 1. The second-order valence-electron chi connectivity index (χ2n) is 8.90. The van der Waals surface area contributed by atoms with Crippen molar-refractivity contribution in [3.8, 4) is 16.9 Å². The molecule has 0 unspecified atom stereocenters. The number of thiazole rings is 1. The number of aryl methyl sites for hydroxylation is 1. The number of aliphatic carboxylic acids is 1. The van der Waals surface area contributed by atoms with Crippen LogP contribution in [0.3, 0.4) is 0 Å². The molecule has 0 spiro atoms. The van der Waals surface area contributed by atoms with Crippen LogP contribution in [0.4, 0.5) is 0 Å². The summed E-state index contributed by atoms with van der Waals surface area (Å²) in [5, 5.41) is 11.9. The number of rotatable bonds is 4. The van der Waals surface area contributed by atoms with Gasteiger partial charge < -0.3 is 9.84 Å². The van der Waals surface area contributed by atoms with Gasteiger partial charge in [0.2, 0.25) is 0 Å². The maximum Gasteiger partial charge on any atom is 0.307 e.